The molecule has 0 N–H and O–H groups in total. The fraction of sp³-hybridized carbons (Fsp3) is 0.500. The van der Waals surface area contributed by atoms with Crippen LogP contribution in [0.1, 0.15) is 18.9 Å². The second kappa shape index (κ2) is 5.99. The molecule has 84 valence electrons. The Morgan fingerprint density at radius 1 is 1.40 bits per heavy atom. The van der Waals surface area contributed by atoms with E-state index in [2.05, 4.69) is 0 Å². The lowest BCUT2D eigenvalue weighted by Gasteiger charge is -2.16. The third-order valence-corrected chi connectivity index (χ3v) is 2.44. The molecular weight excluding hydrogens is 212 g/mol. The third-order valence-electron chi connectivity index (χ3n) is 2.21. The topological polar surface area (TPSA) is 18.5 Å². The average Bonchev–Trinajstić information content (AvgIpc) is 2.20. The van der Waals surface area contributed by atoms with Gasteiger partial charge in [0.05, 0.1) is 6.10 Å². The van der Waals surface area contributed by atoms with E-state index >= 15 is 0 Å². The molecule has 1 unspecified atom stereocenters. The molecule has 2 nitrogen and oxygen atoms in total. The van der Waals surface area contributed by atoms with Gasteiger partial charge in [-0.2, -0.15) is 0 Å². The summed E-state index contributed by atoms with van der Waals surface area (Å²) >= 11 is 5.90. The van der Waals surface area contributed by atoms with Crippen LogP contribution in [0.25, 0.3) is 0 Å². The van der Waals surface area contributed by atoms with Crippen LogP contribution in [0.3, 0.4) is 0 Å². The van der Waals surface area contributed by atoms with Crippen molar-refractivity contribution in [2.24, 2.45) is 0 Å². The minimum atomic E-state index is 0.141. The van der Waals surface area contributed by atoms with E-state index in [0.717, 1.165) is 17.7 Å². The van der Waals surface area contributed by atoms with Crippen LogP contribution >= 0.6 is 11.6 Å². The molecule has 1 aromatic rings. The molecule has 1 aromatic carbocycles. The Morgan fingerprint density at radius 2 is 2.13 bits per heavy atom. The third kappa shape index (κ3) is 4.10. The van der Waals surface area contributed by atoms with Crippen LogP contribution in [0.5, 0.6) is 5.75 Å². The molecule has 0 heterocycles. The summed E-state index contributed by atoms with van der Waals surface area (Å²) in [4.78, 5) is 0. The first kappa shape index (κ1) is 12.3. The maximum absolute atomic E-state index is 5.90. The summed E-state index contributed by atoms with van der Waals surface area (Å²) in [5, 5.41) is 0.703. The first-order valence-corrected chi connectivity index (χ1v) is 5.43. The Balaban J connectivity index is 2.59. The minimum Gasteiger partial charge on any atom is -0.490 e. The van der Waals surface area contributed by atoms with Crippen LogP contribution in [0, 0.1) is 6.92 Å². The summed E-state index contributed by atoms with van der Waals surface area (Å²) in [7, 11) is 1.69. The largest absolute Gasteiger partial charge is 0.490 e. The van der Waals surface area contributed by atoms with E-state index in [1.807, 2.05) is 32.0 Å². The number of rotatable bonds is 5. The number of methoxy groups -OCH3 is 1. The number of hydrogen-bond donors (Lipinski definition) is 0. The van der Waals surface area contributed by atoms with Gasteiger partial charge < -0.3 is 9.47 Å². The number of halogens is 1. The molecule has 15 heavy (non-hydrogen) atoms. The lowest BCUT2D eigenvalue weighted by Crippen LogP contribution is -2.14. The fourth-order valence-corrected chi connectivity index (χ4v) is 1.42. The highest BCUT2D eigenvalue weighted by Crippen LogP contribution is 2.23. The van der Waals surface area contributed by atoms with Crippen molar-refractivity contribution in [3.63, 3.8) is 0 Å². The molecule has 1 atom stereocenters. The van der Waals surface area contributed by atoms with Crippen LogP contribution < -0.4 is 4.74 Å². The van der Waals surface area contributed by atoms with Gasteiger partial charge in [-0.1, -0.05) is 17.7 Å². The lowest BCUT2D eigenvalue weighted by atomic mass is 10.2. The number of ether oxygens (including phenoxy) is 2. The van der Waals surface area contributed by atoms with E-state index in [9.17, 15) is 0 Å². The Hall–Kier alpha value is -0.730. The lowest BCUT2D eigenvalue weighted by molar-refractivity contribution is 0.135. The zero-order valence-corrected chi connectivity index (χ0v) is 10.2. The number of aryl methyl sites for hydroxylation is 1. The van der Waals surface area contributed by atoms with Gasteiger partial charge in [0.15, 0.2) is 0 Å². The van der Waals surface area contributed by atoms with Crippen molar-refractivity contribution in [1.82, 2.24) is 0 Å². The van der Waals surface area contributed by atoms with E-state index in [1.165, 1.54) is 0 Å². The van der Waals surface area contributed by atoms with Crippen LogP contribution in [0.2, 0.25) is 5.02 Å². The van der Waals surface area contributed by atoms with Crippen molar-refractivity contribution in [1.29, 1.82) is 0 Å². The van der Waals surface area contributed by atoms with Gasteiger partial charge in [0.1, 0.15) is 5.75 Å². The number of hydrogen-bond acceptors (Lipinski definition) is 2. The Morgan fingerprint density at radius 3 is 2.80 bits per heavy atom. The predicted molar refractivity (Wildman–Crippen MR) is 62.8 cm³/mol. The molecule has 0 aliphatic rings. The molecule has 0 saturated heterocycles. The van der Waals surface area contributed by atoms with E-state index in [1.54, 1.807) is 7.11 Å². The summed E-state index contributed by atoms with van der Waals surface area (Å²) in [6.45, 7) is 4.74. The van der Waals surface area contributed by atoms with Crippen molar-refractivity contribution in [2.75, 3.05) is 13.7 Å². The Kier molecular flexibility index (Phi) is 4.92. The van der Waals surface area contributed by atoms with Crippen molar-refractivity contribution in [2.45, 2.75) is 26.4 Å². The first-order valence-electron chi connectivity index (χ1n) is 5.05. The SMILES string of the molecule is COCCC(C)Oc1cc(Cl)ccc1C. The van der Waals surface area contributed by atoms with Crippen LogP contribution in [0.4, 0.5) is 0 Å². The van der Waals surface area contributed by atoms with Gasteiger partial charge in [-0.05, 0) is 31.5 Å². The summed E-state index contributed by atoms with van der Waals surface area (Å²) in [6, 6.07) is 5.67. The second-order valence-electron chi connectivity index (χ2n) is 3.62. The van der Waals surface area contributed by atoms with E-state index < -0.39 is 0 Å². The van der Waals surface area contributed by atoms with Gasteiger partial charge in [0.25, 0.3) is 0 Å². The van der Waals surface area contributed by atoms with Gasteiger partial charge in [0, 0.05) is 25.2 Å². The van der Waals surface area contributed by atoms with Gasteiger partial charge in [0.2, 0.25) is 0 Å². The zero-order chi connectivity index (χ0) is 11.3. The van der Waals surface area contributed by atoms with Crippen molar-refractivity contribution in [3.05, 3.63) is 28.8 Å². The molecule has 0 fully saturated rings. The smallest absolute Gasteiger partial charge is 0.124 e. The summed E-state index contributed by atoms with van der Waals surface area (Å²) in [6.07, 6.45) is 1.02. The highest BCUT2D eigenvalue weighted by atomic mass is 35.5. The highest BCUT2D eigenvalue weighted by Gasteiger charge is 2.06. The number of benzene rings is 1. The predicted octanol–water partition coefficient (Wildman–Crippen LogP) is 3.45. The Bertz CT molecular complexity index is 312. The maximum Gasteiger partial charge on any atom is 0.124 e. The summed E-state index contributed by atoms with van der Waals surface area (Å²) in [5.41, 5.74) is 1.10. The molecule has 0 aliphatic carbocycles. The van der Waals surface area contributed by atoms with Crippen molar-refractivity contribution < 1.29 is 9.47 Å². The molecule has 0 aliphatic heterocycles. The van der Waals surface area contributed by atoms with Gasteiger partial charge in [-0.3, -0.25) is 0 Å². The molecule has 0 spiro atoms. The molecule has 3 heteroatoms. The molecule has 1 rings (SSSR count). The normalized spacial score (nSPS) is 12.5. The van der Waals surface area contributed by atoms with Gasteiger partial charge >= 0.3 is 0 Å². The molecule has 0 bridgehead atoms. The first-order chi connectivity index (χ1) is 7.13. The van der Waals surface area contributed by atoms with Gasteiger partial charge in [-0.15, -0.1) is 0 Å². The zero-order valence-electron chi connectivity index (χ0n) is 9.42. The van der Waals surface area contributed by atoms with E-state index in [0.29, 0.717) is 11.6 Å². The van der Waals surface area contributed by atoms with E-state index in [-0.39, 0.29) is 6.10 Å². The quantitative estimate of drug-likeness (QED) is 0.769. The standard InChI is InChI=1S/C12H17ClO2/c1-9-4-5-11(13)8-12(9)15-10(2)6-7-14-3/h4-5,8,10H,6-7H2,1-3H3. The summed E-state index contributed by atoms with van der Waals surface area (Å²) in [5.74, 6) is 0.853. The molecule has 0 saturated carbocycles. The fourth-order valence-electron chi connectivity index (χ4n) is 1.26. The molecular formula is C12H17ClO2. The average molecular weight is 229 g/mol. The Labute approximate surface area is 96.2 Å². The van der Waals surface area contributed by atoms with Crippen LogP contribution in [0.15, 0.2) is 18.2 Å². The summed E-state index contributed by atoms with van der Waals surface area (Å²) < 4.78 is 10.8. The van der Waals surface area contributed by atoms with Crippen molar-refractivity contribution >= 4 is 11.6 Å². The monoisotopic (exact) mass is 228 g/mol. The molecule has 0 aromatic heterocycles. The van der Waals surface area contributed by atoms with Gasteiger partial charge in [-0.25, -0.2) is 0 Å². The van der Waals surface area contributed by atoms with Crippen LogP contribution in [-0.4, -0.2) is 19.8 Å². The van der Waals surface area contributed by atoms with Crippen LogP contribution in [-0.2, 0) is 4.74 Å². The van der Waals surface area contributed by atoms with E-state index in [4.69, 9.17) is 21.1 Å². The highest BCUT2D eigenvalue weighted by molar-refractivity contribution is 6.30. The molecule has 0 radical (unpaired) electrons. The maximum atomic E-state index is 5.90. The van der Waals surface area contributed by atoms with Crippen molar-refractivity contribution in [3.8, 4) is 5.75 Å². The molecule has 0 amide bonds. The minimum absolute atomic E-state index is 0.141. The second-order valence-corrected chi connectivity index (χ2v) is 4.06.